The summed E-state index contributed by atoms with van der Waals surface area (Å²) in [5, 5.41) is 7.32. The maximum Gasteiger partial charge on any atom is 0.191 e. The van der Waals surface area contributed by atoms with Gasteiger partial charge in [-0.05, 0) is 50.1 Å². The van der Waals surface area contributed by atoms with E-state index in [1.807, 2.05) is 23.9 Å². The SMILES string of the molecule is CCNC(=NCC1CCCS1)NCCOc1cccc(C)c1.I. The number of nitrogens with zero attached hydrogens (tertiary/aromatic N) is 1. The van der Waals surface area contributed by atoms with Gasteiger partial charge in [0, 0.05) is 11.8 Å². The molecule has 1 aromatic carbocycles. The number of thioether (sulfide) groups is 1. The summed E-state index contributed by atoms with van der Waals surface area (Å²) in [7, 11) is 0. The Hall–Kier alpha value is -0.630. The minimum Gasteiger partial charge on any atom is -0.492 e. The van der Waals surface area contributed by atoms with E-state index in [0.717, 1.165) is 31.3 Å². The Labute approximate surface area is 161 Å². The van der Waals surface area contributed by atoms with Crippen LogP contribution in [-0.4, -0.2) is 43.2 Å². The molecule has 0 aromatic heterocycles. The van der Waals surface area contributed by atoms with Crippen LogP contribution in [0.2, 0.25) is 0 Å². The van der Waals surface area contributed by atoms with Crippen LogP contribution in [0.25, 0.3) is 0 Å². The van der Waals surface area contributed by atoms with Gasteiger partial charge in [-0.25, -0.2) is 0 Å². The number of benzene rings is 1. The van der Waals surface area contributed by atoms with Gasteiger partial charge in [0.25, 0.3) is 0 Å². The van der Waals surface area contributed by atoms with Gasteiger partial charge in [0.2, 0.25) is 0 Å². The first-order valence-electron chi connectivity index (χ1n) is 8.11. The maximum atomic E-state index is 5.74. The number of halogens is 1. The lowest BCUT2D eigenvalue weighted by atomic mass is 10.2. The van der Waals surface area contributed by atoms with Crippen molar-refractivity contribution < 1.29 is 4.74 Å². The molecule has 0 aliphatic carbocycles. The van der Waals surface area contributed by atoms with Gasteiger partial charge in [0.05, 0.1) is 13.1 Å². The lowest BCUT2D eigenvalue weighted by molar-refractivity contribution is 0.321. The standard InChI is InChI=1S/C17H27N3OS.HI/c1-3-18-17(20-13-16-8-5-11-22-16)19-9-10-21-15-7-4-6-14(2)12-15;/h4,6-7,12,16H,3,5,8-11,13H2,1-2H3,(H2,18,19,20);1H. The van der Waals surface area contributed by atoms with Gasteiger partial charge in [0.15, 0.2) is 5.96 Å². The molecule has 130 valence electrons. The molecule has 0 radical (unpaired) electrons. The van der Waals surface area contributed by atoms with Crippen molar-refractivity contribution in [1.29, 1.82) is 0 Å². The zero-order valence-corrected chi connectivity index (χ0v) is 17.2. The molecule has 2 rings (SSSR count). The second kappa shape index (κ2) is 11.8. The van der Waals surface area contributed by atoms with E-state index in [-0.39, 0.29) is 24.0 Å². The van der Waals surface area contributed by atoms with E-state index < -0.39 is 0 Å². The number of rotatable bonds is 7. The molecule has 1 fully saturated rings. The third-order valence-corrected chi connectivity index (χ3v) is 4.85. The van der Waals surface area contributed by atoms with Crippen LogP contribution in [0.15, 0.2) is 29.3 Å². The van der Waals surface area contributed by atoms with Crippen LogP contribution in [-0.2, 0) is 0 Å². The summed E-state index contributed by atoms with van der Waals surface area (Å²) in [6.45, 7) is 7.32. The normalized spacial score (nSPS) is 17.5. The fourth-order valence-electron chi connectivity index (χ4n) is 2.37. The molecule has 1 aliphatic rings. The highest BCUT2D eigenvalue weighted by molar-refractivity contribution is 14.0. The predicted molar refractivity (Wildman–Crippen MR) is 112 cm³/mol. The molecule has 2 N–H and O–H groups in total. The highest BCUT2D eigenvalue weighted by Gasteiger charge is 2.14. The van der Waals surface area contributed by atoms with Gasteiger partial charge in [-0.3, -0.25) is 4.99 Å². The van der Waals surface area contributed by atoms with Gasteiger partial charge in [-0.2, -0.15) is 11.8 Å². The number of aliphatic imine (C=N–C) groups is 1. The van der Waals surface area contributed by atoms with E-state index in [9.17, 15) is 0 Å². The van der Waals surface area contributed by atoms with Crippen LogP contribution < -0.4 is 15.4 Å². The van der Waals surface area contributed by atoms with Crippen molar-refractivity contribution in [1.82, 2.24) is 10.6 Å². The molecule has 0 saturated carbocycles. The average Bonchev–Trinajstić information content (AvgIpc) is 3.02. The van der Waals surface area contributed by atoms with E-state index in [1.165, 1.54) is 24.2 Å². The van der Waals surface area contributed by atoms with Crippen LogP contribution in [0.5, 0.6) is 5.75 Å². The Morgan fingerprint density at radius 3 is 2.96 bits per heavy atom. The summed E-state index contributed by atoms with van der Waals surface area (Å²) in [5.41, 5.74) is 1.22. The number of aryl methyl sites for hydroxylation is 1. The Balaban J connectivity index is 0.00000264. The first-order chi connectivity index (χ1) is 10.8. The third-order valence-electron chi connectivity index (χ3n) is 3.47. The zero-order valence-electron chi connectivity index (χ0n) is 14.0. The molecule has 23 heavy (non-hydrogen) atoms. The van der Waals surface area contributed by atoms with Gasteiger partial charge >= 0.3 is 0 Å². The van der Waals surface area contributed by atoms with Gasteiger partial charge < -0.3 is 15.4 Å². The highest BCUT2D eigenvalue weighted by Crippen LogP contribution is 2.25. The molecule has 1 aliphatic heterocycles. The summed E-state index contributed by atoms with van der Waals surface area (Å²) in [6, 6.07) is 8.13. The smallest absolute Gasteiger partial charge is 0.191 e. The van der Waals surface area contributed by atoms with E-state index in [1.54, 1.807) is 0 Å². The maximum absolute atomic E-state index is 5.74. The lowest BCUT2D eigenvalue weighted by Crippen LogP contribution is -2.39. The average molecular weight is 449 g/mol. The van der Waals surface area contributed by atoms with E-state index in [2.05, 4.69) is 41.6 Å². The second-order valence-electron chi connectivity index (χ2n) is 5.45. The molecular weight excluding hydrogens is 421 g/mol. The molecule has 1 atom stereocenters. The molecular formula is C17H28IN3OS. The summed E-state index contributed by atoms with van der Waals surface area (Å²) in [4.78, 5) is 4.67. The van der Waals surface area contributed by atoms with Crippen LogP contribution in [0, 0.1) is 6.92 Å². The van der Waals surface area contributed by atoms with Crippen molar-refractivity contribution in [3.8, 4) is 5.75 Å². The van der Waals surface area contributed by atoms with E-state index in [0.29, 0.717) is 11.9 Å². The quantitative estimate of drug-likeness (QED) is 0.290. The van der Waals surface area contributed by atoms with Gasteiger partial charge in [-0.15, -0.1) is 24.0 Å². The fourth-order valence-corrected chi connectivity index (χ4v) is 3.55. The fraction of sp³-hybridized carbons (Fsp3) is 0.588. The first-order valence-corrected chi connectivity index (χ1v) is 9.16. The zero-order chi connectivity index (χ0) is 15.6. The summed E-state index contributed by atoms with van der Waals surface area (Å²) >= 11 is 2.04. The van der Waals surface area contributed by atoms with Crippen molar-refractivity contribution in [3.63, 3.8) is 0 Å². The van der Waals surface area contributed by atoms with Gasteiger partial charge in [0.1, 0.15) is 12.4 Å². The third kappa shape index (κ3) is 8.15. The minimum absolute atomic E-state index is 0. The lowest BCUT2D eigenvalue weighted by Gasteiger charge is -2.13. The van der Waals surface area contributed by atoms with Crippen molar-refractivity contribution in [3.05, 3.63) is 29.8 Å². The predicted octanol–water partition coefficient (Wildman–Crippen LogP) is 3.44. The molecule has 6 heteroatoms. The summed E-state index contributed by atoms with van der Waals surface area (Å²) in [6.07, 6.45) is 2.63. The molecule has 1 unspecified atom stereocenters. The van der Waals surface area contributed by atoms with E-state index >= 15 is 0 Å². The molecule has 0 bridgehead atoms. The molecule has 4 nitrogen and oxygen atoms in total. The number of hydrogen-bond acceptors (Lipinski definition) is 3. The van der Waals surface area contributed by atoms with Crippen LogP contribution >= 0.6 is 35.7 Å². The van der Waals surface area contributed by atoms with Crippen LogP contribution in [0.4, 0.5) is 0 Å². The minimum atomic E-state index is 0. The van der Waals surface area contributed by atoms with Crippen molar-refractivity contribution in [2.24, 2.45) is 4.99 Å². The number of ether oxygens (including phenoxy) is 1. The number of hydrogen-bond donors (Lipinski definition) is 2. The Morgan fingerprint density at radius 2 is 2.26 bits per heavy atom. The molecule has 0 amide bonds. The Bertz CT molecular complexity index is 479. The number of guanidine groups is 1. The topological polar surface area (TPSA) is 45.7 Å². The van der Waals surface area contributed by atoms with Crippen LogP contribution in [0.3, 0.4) is 0 Å². The highest BCUT2D eigenvalue weighted by atomic mass is 127. The van der Waals surface area contributed by atoms with Gasteiger partial charge in [-0.1, -0.05) is 12.1 Å². The summed E-state index contributed by atoms with van der Waals surface area (Å²) in [5.74, 6) is 3.10. The molecule has 0 spiro atoms. The van der Waals surface area contributed by atoms with Crippen molar-refractivity contribution >= 4 is 41.7 Å². The monoisotopic (exact) mass is 449 g/mol. The van der Waals surface area contributed by atoms with Crippen molar-refractivity contribution in [2.45, 2.75) is 31.9 Å². The first kappa shape index (κ1) is 20.4. The summed E-state index contributed by atoms with van der Waals surface area (Å²) < 4.78 is 5.74. The number of nitrogens with one attached hydrogen (secondary N) is 2. The van der Waals surface area contributed by atoms with Crippen LogP contribution in [0.1, 0.15) is 25.3 Å². The molecule has 1 heterocycles. The molecule has 1 saturated heterocycles. The molecule has 1 aromatic rings. The Kier molecular flexibility index (Phi) is 10.5. The Morgan fingerprint density at radius 1 is 1.39 bits per heavy atom. The van der Waals surface area contributed by atoms with E-state index in [4.69, 9.17) is 4.74 Å². The van der Waals surface area contributed by atoms with Crippen molar-refractivity contribution in [2.75, 3.05) is 32.0 Å². The second-order valence-corrected chi connectivity index (χ2v) is 6.85. The largest absolute Gasteiger partial charge is 0.492 e.